The minimum Gasteiger partial charge on any atom is -0.508 e. The first-order valence-electron chi connectivity index (χ1n) is 10.6. The van der Waals surface area contributed by atoms with Gasteiger partial charge in [-0.1, -0.05) is 12.1 Å². The number of carbonyl (C=O) groups is 1. The molecular formula is C24H21F4N3O2. The second-order valence-corrected chi connectivity index (χ2v) is 9.07. The average molecular weight is 459 g/mol. The van der Waals surface area contributed by atoms with Gasteiger partial charge in [0, 0.05) is 30.3 Å². The number of hydrogen-bond donors (Lipinski definition) is 1. The van der Waals surface area contributed by atoms with Gasteiger partial charge < -0.3 is 10.0 Å². The van der Waals surface area contributed by atoms with E-state index in [2.05, 4.69) is 5.10 Å². The monoisotopic (exact) mass is 459 g/mol. The molecule has 1 saturated heterocycles. The fraction of sp³-hybridized carbons (Fsp3) is 0.333. The van der Waals surface area contributed by atoms with E-state index in [-0.39, 0.29) is 23.0 Å². The Kier molecular flexibility index (Phi) is 4.77. The number of amides is 1. The third kappa shape index (κ3) is 3.65. The highest BCUT2D eigenvalue weighted by Gasteiger charge is 2.55. The first kappa shape index (κ1) is 21.5. The van der Waals surface area contributed by atoms with Crippen molar-refractivity contribution in [2.75, 3.05) is 13.1 Å². The molecular weight excluding hydrogens is 438 g/mol. The second-order valence-electron chi connectivity index (χ2n) is 9.07. The molecule has 1 aromatic heterocycles. The quantitative estimate of drug-likeness (QED) is 0.548. The number of phenols is 1. The number of benzene rings is 2. The van der Waals surface area contributed by atoms with Gasteiger partial charge in [0.1, 0.15) is 11.6 Å². The maximum absolute atomic E-state index is 14.2. The Labute approximate surface area is 187 Å². The Morgan fingerprint density at radius 3 is 2.52 bits per heavy atom. The molecule has 9 heteroatoms. The number of carbonyl (C=O) groups excluding carboxylic acids is 1. The molecule has 0 atom stereocenters. The van der Waals surface area contributed by atoms with Crippen LogP contribution in [0, 0.1) is 18.2 Å². The highest BCUT2D eigenvalue weighted by Crippen LogP contribution is 2.54. The molecule has 2 fully saturated rings. The first-order chi connectivity index (χ1) is 15.6. The number of nitrogens with zero attached hydrogens (tertiary/aromatic N) is 3. The zero-order valence-electron chi connectivity index (χ0n) is 17.7. The molecule has 172 valence electrons. The molecule has 0 unspecified atom stereocenters. The highest BCUT2D eigenvalue weighted by atomic mass is 19.4. The molecule has 0 radical (unpaired) electrons. The van der Waals surface area contributed by atoms with Crippen LogP contribution in [-0.2, 0) is 6.18 Å². The van der Waals surface area contributed by atoms with Crippen LogP contribution in [0.4, 0.5) is 17.6 Å². The molecule has 5 rings (SSSR count). The first-order valence-corrected chi connectivity index (χ1v) is 10.6. The number of aromatic hydroxyl groups is 1. The molecule has 1 aliphatic carbocycles. The zero-order valence-corrected chi connectivity index (χ0v) is 17.7. The van der Waals surface area contributed by atoms with Gasteiger partial charge >= 0.3 is 6.18 Å². The third-order valence-electron chi connectivity index (χ3n) is 6.63. The van der Waals surface area contributed by atoms with Crippen molar-refractivity contribution < 1.29 is 27.5 Å². The van der Waals surface area contributed by atoms with E-state index < -0.39 is 23.2 Å². The SMILES string of the molecule is Cc1cn(C2CC3(C2)CN(C(=O)c2cc(O)ccc2C(F)(F)F)C3)nc1-c1ccccc1F. The average Bonchev–Trinajstić information content (AvgIpc) is 3.06. The largest absolute Gasteiger partial charge is 0.508 e. The summed E-state index contributed by atoms with van der Waals surface area (Å²) in [6, 6.07) is 9.07. The van der Waals surface area contributed by atoms with Gasteiger partial charge in [-0.2, -0.15) is 18.3 Å². The van der Waals surface area contributed by atoms with Crippen molar-refractivity contribution in [3.05, 3.63) is 71.2 Å². The second kappa shape index (κ2) is 7.33. The normalized spacial score (nSPS) is 17.7. The smallest absolute Gasteiger partial charge is 0.417 e. The summed E-state index contributed by atoms with van der Waals surface area (Å²) in [5, 5.41) is 14.2. The Hall–Kier alpha value is -3.36. The number of phenolic OH excluding ortho intramolecular Hbond substituents is 1. The predicted molar refractivity (Wildman–Crippen MR) is 112 cm³/mol. The van der Waals surface area contributed by atoms with E-state index in [0.717, 1.165) is 36.6 Å². The molecule has 0 bridgehead atoms. The lowest BCUT2D eigenvalue weighted by molar-refractivity contribution is -0.138. The van der Waals surface area contributed by atoms with E-state index in [0.29, 0.717) is 24.3 Å². The van der Waals surface area contributed by atoms with Crippen molar-refractivity contribution in [3.8, 4) is 17.0 Å². The molecule has 1 amide bonds. The van der Waals surface area contributed by atoms with Gasteiger partial charge in [0.05, 0.1) is 22.9 Å². The molecule has 1 spiro atoms. The number of alkyl halides is 3. The van der Waals surface area contributed by atoms with E-state index in [1.165, 1.54) is 11.0 Å². The summed E-state index contributed by atoms with van der Waals surface area (Å²) in [7, 11) is 0. The maximum Gasteiger partial charge on any atom is 0.417 e. The maximum atomic E-state index is 14.2. The van der Waals surface area contributed by atoms with Crippen LogP contribution in [0.15, 0.2) is 48.7 Å². The predicted octanol–water partition coefficient (Wildman–Crippen LogP) is 5.20. The van der Waals surface area contributed by atoms with E-state index >= 15 is 0 Å². The van der Waals surface area contributed by atoms with Crippen molar-refractivity contribution >= 4 is 5.91 Å². The molecule has 2 heterocycles. The summed E-state index contributed by atoms with van der Waals surface area (Å²) >= 11 is 0. The van der Waals surface area contributed by atoms with Crippen LogP contribution >= 0.6 is 0 Å². The Morgan fingerprint density at radius 2 is 1.85 bits per heavy atom. The van der Waals surface area contributed by atoms with Crippen LogP contribution in [-0.4, -0.2) is 38.8 Å². The Bertz CT molecular complexity index is 1240. The van der Waals surface area contributed by atoms with Gasteiger partial charge in [0.2, 0.25) is 0 Å². The minimum atomic E-state index is -4.68. The van der Waals surface area contributed by atoms with Crippen molar-refractivity contribution in [2.24, 2.45) is 5.41 Å². The van der Waals surface area contributed by atoms with Gasteiger partial charge in [0.25, 0.3) is 5.91 Å². The van der Waals surface area contributed by atoms with Crippen LogP contribution < -0.4 is 0 Å². The van der Waals surface area contributed by atoms with Crippen LogP contribution in [0.2, 0.25) is 0 Å². The van der Waals surface area contributed by atoms with E-state index in [1.54, 1.807) is 18.2 Å². The number of halogens is 4. The lowest BCUT2D eigenvalue weighted by atomic mass is 9.60. The van der Waals surface area contributed by atoms with Crippen molar-refractivity contribution in [3.63, 3.8) is 0 Å². The Morgan fingerprint density at radius 1 is 1.15 bits per heavy atom. The Balaban J connectivity index is 1.26. The lowest BCUT2D eigenvalue weighted by Crippen LogP contribution is -2.63. The zero-order chi connectivity index (χ0) is 23.5. The summed E-state index contributed by atoms with van der Waals surface area (Å²) in [4.78, 5) is 14.1. The standard InChI is InChI=1S/C24H21F4N3O2/c1-14-11-31(29-21(14)17-4-2-3-5-20(17)25)15-9-23(10-15)12-30(13-23)22(33)18-8-16(32)6-7-19(18)24(26,27)28/h2-8,11,15,32H,9-10,12-13H2,1H3. The molecule has 1 N–H and O–H groups in total. The highest BCUT2D eigenvalue weighted by molar-refractivity contribution is 5.97. The van der Waals surface area contributed by atoms with Crippen LogP contribution in [0.5, 0.6) is 5.75 Å². The van der Waals surface area contributed by atoms with Crippen LogP contribution in [0.25, 0.3) is 11.3 Å². The number of aryl methyl sites for hydroxylation is 1. The summed E-state index contributed by atoms with van der Waals surface area (Å²) in [5.74, 6) is -1.46. The molecule has 1 aliphatic heterocycles. The molecule has 5 nitrogen and oxygen atoms in total. The number of aromatic nitrogens is 2. The minimum absolute atomic E-state index is 0.0907. The van der Waals surface area contributed by atoms with Gasteiger partial charge in [-0.05, 0) is 55.7 Å². The molecule has 1 saturated carbocycles. The third-order valence-corrected chi connectivity index (χ3v) is 6.63. The van der Waals surface area contributed by atoms with E-state index in [1.807, 2.05) is 17.8 Å². The van der Waals surface area contributed by atoms with Gasteiger partial charge in [-0.15, -0.1) is 0 Å². The number of rotatable bonds is 3. The van der Waals surface area contributed by atoms with Gasteiger partial charge in [-0.3, -0.25) is 9.48 Å². The van der Waals surface area contributed by atoms with E-state index in [4.69, 9.17) is 0 Å². The summed E-state index contributed by atoms with van der Waals surface area (Å²) in [6.45, 7) is 2.59. The topological polar surface area (TPSA) is 58.4 Å². The molecule has 33 heavy (non-hydrogen) atoms. The lowest BCUT2D eigenvalue weighted by Gasteiger charge is -2.58. The van der Waals surface area contributed by atoms with Crippen molar-refractivity contribution in [1.29, 1.82) is 0 Å². The van der Waals surface area contributed by atoms with Crippen LogP contribution in [0.3, 0.4) is 0 Å². The van der Waals surface area contributed by atoms with Crippen LogP contribution in [0.1, 0.15) is 40.4 Å². The molecule has 3 aromatic rings. The fourth-order valence-corrected chi connectivity index (χ4v) is 5.01. The summed E-state index contributed by atoms with van der Waals surface area (Å²) < 4.78 is 55.9. The number of hydrogen-bond acceptors (Lipinski definition) is 3. The van der Waals surface area contributed by atoms with Crippen molar-refractivity contribution in [2.45, 2.75) is 32.0 Å². The van der Waals surface area contributed by atoms with Gasteiger partial charge in [0.15, 0.2) is 0 Å². The summed E-state index contributed by atoms with van der Waals surface area (Å²) in [5.41, 5.74) is 0.150. The van der Waals surface area contributed by atoms with Crippen molar-refractivity contribution in [1.82, 2.24) is 14.7 Å². The fourth-order valence-electron chi connectivity index (χ4n) is 5.01. The van der Waals surface area contributed by atoms with E-state index in [9.17, 15) is 27.5 Å². The molecule has 2 aromatic carbocycles. The van der Waals surface area contributed by atoms with Gasteiger partial charge in [-0.25, -0.2) is 4.39 Å². The summed E-state index contributed by atoms with van der Waals surface area (Å²) in [6.07, 6.45) is -1.33. The number of likely N-dealkylation sites (tertiary alicyclic amines) is 1. The molecule has 2 aliphatic rings.